The Labute approximate surface area is 109 Å². The van der Waals surface area contributed by atoms with Crippen molar-refractivity contribution in [1.82, 2.24) is 9.88 Å². The van der Waals surface area contributed by atoms with Crippen molar-refractivity contribution in [3.8, 4) is 5.75 Å². The van der Waals surface area contributed by atoms with Crippen molar-refractivity contribution >= 4 is 5.57 Å². The second-order valence-corrected chi connectivity index (χ2v) is 5.31. The van der Waals surface area contributed by atoms with Crippen LogP contribution in [0.2, 0.25) is 0 Å². The smallest absolute Gasteiger partial charge is 0.134 e. The van der Waals surface area contributed by atoms with Crippen LogP contribution in [-0.2, 0) is 0 Å². The van der Waals surface area contributed by atoms with Crippen molar-refractivity contribution in [1.29, 1.82) is 0 Å². The number of allylic oxidation sites excluding steroid dienone is 1. The van der Waals surface area contributed by atoms with E-state index in [1.807, 2.05) is 12.3 Å². The van der Waals surface area contributed by atoms with Gasteiger partial charge in [0.05, 0.1) is 6.20 Å². The molecule has 0 aliphatic heterocycles. The van der Waals surface area contributed by atoms with Crippen LogP contribution >= 0.6 is 0 Å². The number of nitrogens with zero attached hydrogens (tertiary/aromatic N) is 2. The van der Waals surface area contributed by atoms with Crippen molar-refractivity contribution in [2.75, 3.05) is 20.6 Å². The first-order valence-electron chi connectivity index (χ1n) is 6.67. The molecule has 0 spiro atoms. The summed E-state index contributed by atoms with van der Waals surface area (Å²) in [6, 6.07) is 1.84. The van der Waals surface area contributed by atoms with Crippen LogP contribution < -0.4 is 0 Å². The molecule has 0 radical (unpaired) electrons. The van der Waals surface area contributed by atoms with Crippen LogP contribution in [0.4, 0.5) is 0 Å². The van der Waals surface area contributed by atoms with Gasteiger partial charge in [0.2, 0.25) is 0 Å². The van der Waals surface area contributed by atoms with Crippen LogP contribution in [-0.4, -0.2) is 35.6 Å². The van der Waals surface area contributed by atoms with Gasteiger partial charge in [-0.2, -0.15) is 0 Å². The lowest BCUT2D eigenvalue weighted by Crippen LogP contribution is -2.16. The first kappa shape index (κ1) is 13.1. The summed E-state index contributed by atoms with van der Waals surface area (Å²) in [6.45, 7) is 1.00. The molecular formula is C15H22N2O. The largest absolute Gasteiger partial charge is 0.506 e. The predicted molar refractivity (Wildman–Crippen MR) is 74.5 cm³/mol. The SMILES string of the molecule is CN(C)CC1=C(c2cncc(O)c2)CCCCC1. The second kappa shape index (κ2) is 6.01. The zero-order valence-electron chi connectivity index (χ0n) is 11.3. The number of likely N-dealkylation sites (N-methyl/N-ethyl adjacent to an activating group) is 1. The number of hydrogen-bond donors (Lipinski definition) is 1. The number of aromatic nitrogens is 1. The van der Waals surface area contributed by atoms with Crippen molar-refractivity contribution in [3.63, 3.8) is 0 Å². The average molecular weight is 246 g/mol. The molecule has 0 bridgehead atoms. The molecule has 2 rings (SSSR count). The minimum Gasteiger partial charge on any atom is -0.506 e. The van der Waals surface area contributed by atoms with Crippen molar-refractivity contribution in [2.45, 2.75) is 32.1 Å². The molecule has 0 fully saturated rings. The standard InChI is InChI=1S/C15H22N2O/c1-17(2)11-12-6-4-3-5-7-15(12)13-8-14(18)10-16-9-13/h8-10,18H,3-7,11H2,1-2H3. The molecule has 0 unspecified atom stereocenters. The topological polar surface area (TPSA) is 36.4 Å². The monoisotopic (exact) mass is 246 g/mol. The molecular weight excluding hydrogens is 224 g/mol. The van der Waals surface area contributed by atoms with Crippen LogP contribution in [0.25, 0.3) is 5.57 Å². The summed E-state index contributed by atoms with van der Waals surface area (Å²) in [5, 5.41) is 9.59. The molecule has 0 saturated carbocycles. The Kier molecular flexibility index (Phi) is 4.37. The molecule has 0 aromatic carbocycles. The van der Waals surface area contributed by atoms with Gasteiger partial charge in [-0.05, 0) is 57.0 Å². The molecule has 3 heteroatoms. The lowest BCUT2D eigenvalue weighted by atomic mass is 9.97. The molecule has 1 aromatic heterocycles. The summed E-state index contributed by atoms with van der Waals surface area (Å²) in [5.74, 6) is 0.258. The van der Waals surface area contributed by atoms with Crippen LogP contribution in [0.1, 0.15) is 37.7 Å². The van der Waals surface area contributed by atoms with Gasteiger partial charge >= 0.3 is 0 Å². The summed E-state index contributed by atoms with van der Waals surface area (Å²) in [4.78, 5) is 6.32. The van der Waals surface area contributed by atoms with Crippen molar-refractivity contribution in [3.05, 3.63) is 29.6 Å². The Bertz CT molecular complexity index is 438. The first-order chi connectivity index (χ1) is 8.66. The van der Waals surface area contributed by atoms with Crippen LogP contribution in [0, 0.1) is 0 Å². The lowest BCUT2D eigenvalue weighted by molar-refractivity contribution is 0.438. The van der Waals surface area contributed by atoms with Crippen molar-refractivity contribution in [2.24, 2.45) is 0 Å². The fourth-order valence-electron chi connectivity index (χ4n) is 2.64. The number of rotatable bonds is 3. The zero-order chi connectivity index (χ0) is 13.0. The Balaban J connectivity index is 2.36. The van der Waals surface area contributed by atoms with Gasteiger partial charge in [0.1, 0.15) is 5.75 Å². The molecule has 1 heterocycles. The number of pyridine rings is 1. The maximum absolute atomic E-state index is 9.59. The van der Waals surface area contributed by atoms with E-state index in [1.54, 1.807) is 0 Å². The third kappa shape index (κ3) is 3.33. The molecule has 0 amide bonds. The minimum atomic E-state index is 0.258. The number of aromatic hydroxyl groups is 1. The molecule has 0 saturated heterocycles. The quantitative estimate of drug-likeness (QED) is 0.890. The van der Waals surface area contributed by atoms with Gasteiger partial charge in [0, 0.05) is 12.7 Å². The highest BCUT2D eigenvalue weighted by Gasteiger charge is 2.14. The molecule has 3 nitrogen and oxygen atoms in total. The first-order valence-corrected chi connectivity index (χ1v) is 6.67. The third-order valence-corrected chi connectivity index (χ3v) is 3.41. The van der Waals surface area contributed by atoms with E-state index in [2.05, 4.69) is 24.0 Å². The number of hydrogen-bond acceptors (Lipinski definition) is 3. The van der Waals surface area contributed by atoms with Crippen molar-refractivity contribution < 1.29 is 5.11 Å². The highest BCUT2D eigenvalue weighted by atomic mass is 16.3. The summed E-state index contributed by atoms with van der Waals surface area (Å²) >= 11 is 0. The molecule has 1 aromatic rings. The van der Waals surface area contributed by atoms with E-state index < -0.39 is 0 Å². The van der Waals surface area contributed by atoms with Gasteiger partial charge in [-0.15, -0.1) is 0 Å². The summed E-state index contributed by atoms with van der Waals surface area (Å²) < 4.78 is 0. The van der Waals surface area contributed by atoms with Gasteiger partial charge in [0.25, 0.3) is 0 Å². The normalized spacial score (nSPS) is 17.1. The van der Waals surface area contributed by atoms with Crippen LogP contribution in [0.15, 0.2) is 24.0 Å². The van der Waals surface area contributed by atoms with E-state index in [4.69, 9.17) is 0 Å². The van der Waals surface area contributed by atoms with E-state index in [1.165, 1.54) is 43.0 Å². The minimum absolute atomic E-state index is 0.258. The van der Waals surface area contributed by atoms with E-state index in [-0.39, 0.29) is 5.75 Å². The Morgan fingerprint density at radius 3 is 2.67 bits per heavy atom. The highest BCUT2D eigenvalue weighted by Crippen LogP contribution is 2.32. The van der Waals surface area contributed by atoms with Crippen LogP contribution in [0.3, 0.4) is 0 Å². The maximum atomic E-state index is 9.59. The molecule has 1 aliphatic carbocycles. The molecule has 0 atom stereocenters. The van der Waals surface area contributed by atoms with Gasteiger partial charge in [-0.1, -0.05) is 12.0 Å². The molecule has 1 N–H and O–H groups in total. The van der Waals surface area contributed by atoms with Gasteiger partial charge in [0.15, 0.2) is 0 Å². The van der Waals surface area contributed by atoms with Gasteiger partial charge in [-0.3, -0.25) is 4.98 Å². The zero-order valence-corrected chi connectivity index (χ0v) is 11.3. The van der Waals surface area contributed by atoms with Gasteiger partial charge in [-0.25, -0.2) is 0 Å². The molecule has 18 heavy (non-hydrogen) atoms. The van der Waals surface area contributed by atoms with Crippen LogP contribution in [0.5, 0.6) is 5.75 Å². The Morgan fingerprint density at radius 2 is 1.94 bits per heavy atom. The average Bonchev–Trinajstić information content (AvgIpc) is 2.54. The summed E-state index contributed by atoms with van der Waals surface area (Å²) in [7, 11) is 4.21. The molecule has 98 valence electrons. The van der Waals surface area contributed by atoms with E-state index >= 15 is 0 Å². The van der Waals surface area contributed by atoms with Gasteiger partial charge < -0.3 is 10.0 Å². The Hall–Kier alpha value is -1.35. The fourth-order valence-corrected chi connectivity index (χ4v) is 2.64. The second-order valence-electron chi connectivity index (χ2n) is 5.31. The summed E-state index contributed by atoms with van der Waals surface area (Å²) in [5.41, 5.74) is 3.99. The Morgan fingerprint density at radius 1 is 1.17 bits per heavy atom. The van der Waals surface area contributed by atoms with E-state index in [0.29, 0.717) is 0 Å². The lowest BCUT2D eigenvalue weighted by Gasteiger charge is -2.17. The maximum Gasteiger partial charge on any atom is 0.134 e. The fraction of sp³-hybridized carbons (Fsp3) is 0.533. The predicted octanol–water partition coefficient (Wildman–Crippen LogP) is 3.07. The van der Waals surface area contributed by atoms with E-state index in [0.717, 1.165) is 18.5 Å². The van der Waals surface area contributed by atoms with E-state index in [9.17, 15) is 5.11 Å². The summed E-state index contributed by atoms with van der Waals surface area (Å²) in [6.07, 6.45) is 9.45. The molecule has 1 aliphatic rings. The highest BCUT2D eigenvalue weighted by molar-refractivity contribution is 5.69. The third-order valence-electron chi connectivity index (χ3n) is 3.41.